The van der Waals surface area contributed by atoms with Crippen LogP contribution in [0.2, 0.25) is 0 Å². The van der Waals surface area contributed by atoms with Crippen molar-refractivity contribution in [3.63, 3.8) is 0 Å². The molecule has 3 nitrogen and oxygen atoms in total. The van der Waals surface area contributed by atoms with Crippen LogP contribution in [0, 0.1) is 0 Å². The Labute approximate surface area is 128 Å². The molecule has 0 aliphatic heterocycles. The second kappa shape index (κ2) is 6.59. The first-order valence-corrected chi connectivity index (χ1v) is 5.31. The van der Waals surface area contributed by atoms with Gasteiger partial charge in [0.15, 0.2) is 0 Å². The molecule has 2 aromatic rings. The van der Waals surface area contributed by atoms with Crippen LogP contribution in [0.15, 0.2) is 48.5 Å². The number of nitrogen functional groups attached to an aromatic ring is 1. The summed E-state index contributed by atoms with van der Waals surface area (Å²) in [6.07, 6.45) is -0.130. The number of anilines is 1. The Hall–Kier alpha value is -1.29. The standard InChI is InChI=1S/C14H13NO2.Na/c15-12-8-4-7-11(9-13(16)17)14(12)10-5-2-1-3-6-10;/h1-8H,9,15H2,(H,16,17);/q;+1/p-1. The van der Waals surface area contributed by atoms with Crippen LogP contribution in [0.5, 0.6) is 0 Å². The molecule has 2 aromatic carbocycles. The van der Waals surface area contributed by atoms with Gasteiger partial charge in [-0.15, -0.1) is 0 Å². The number of hydrogen-bond acceptors (Lipinski definition) is 3. The zero-order chi connectivity index (χ0) is 12.3. The maximum Gasteiger partial charge on any atom is 1.00 e. The zero-order valence-electron chi connectivity index (χ0n) is 10.2. The zero-order valence-corrected chi connectivity index (χ0v) is 12.2. The van der Waals surface area contributed by atoms with E-state index in [4.69, 9.17) is 5.73 Å². The Bertz CT molecular complexity index is 541. The van der Waals surface area contributed by atoms with Crippen LogP contribution >= 0.6 is 0 Å². The maximum absolute atomic E-state index is 10.7. The fourth-order valence-electron chi connectivity index (χ4n) is 1.88. The predicted molar refractivity (Wildman–Crippen MR) is 65.0 cm³/mol. The molecular weight excluding hydrogens is 237 g/mol. The van der Waals surface area contributed by atoms with Gasteiger partial charge < -0.3 is 15.6 Å². The van der Waals surface area contributed by atoms with Crippen LogP contribution in [-0.2, 0) is 11.2 Å². The van der Waals surface area contributed by atoms with Gasteiger partial charge in [-0.3, -0.25) is 0 Å². The number of hydrogen-bond donors (Lipinski definition) is 1. The normalized spacial score (nSPS) is 9.56. The van der Waals surface area contributed by atoms with Crippen molar-refractivity contribution in [3.8, 4) is 11.1 Å². The molecule has 0 radical (unpaired) electrons. The molecule has 2 rings (SSSR count). The van der Waals surface area contributed by atoms with E-state index < -0.39 is 5.97 Å². The quantitative estimate of drug-likeness (QED) is 0.517. The minimum atomic E-state index is -1.10. The smallest absolute Gasteiger partial charge is 0.550 e. The van der Waals surface area contributed by atoms with Gasteiger partial charge in [0.05, 0.1) is 0 Å². The van der Waals surface area contributed by atoms with Crippen LogP contribution in [0.1, 0.15) is 5.56 Å². The van der Waals surface area contributed by atoms with E-state index >= 15 is 0 Å². The van der Waals surface area contributed by atoms with Crippen molar-refractivity contribution >= 4 is 11.7 Å². The van der Waals surface area contributed by atoms with E-state index in [0.29, 0.717) is 11.3 Å². The van der Waals surface area contributed by atoms with Gasteiger partial charge in [-0.25, -0.2) is 0 Å². The van der Waals surface area contributed by atoms with Crippen molar-refractivity contribution in [2.24, 2.45) is 0 Å². The molecule has 0 bridgehead atoms. The topological polar surface area (TPSA) is 66.2 Å². The van der Waals surface area contributed by atoms with Crippen LogP contribution in [0.4, 0.5) is 5.69 Å². The van der Waals surface area contributed by atoms with Gasteiger partial charge in [0.25, 0.3) is 0 Å². The molecule has 0 atom stereocenters. The first-order valence-electron chi connectivity index (χ1n) is 5.31. The largest absolute Gasteiger partial charge is 1.00 e. The van der Waals surface area contributed by atoms with Crippen molar-refractivity contribution in [2.45, 2.75) is 6.42 Å². The summed E-state index contributed by atoms with van der Waals surface area (Å²) in [6.45, 7) is 0. The monoisotopic (exact) mass is 249 g/mol. The van der Waals surface area contributed by atoms with E-state index in [9.17, 15) is 9.90 Å². The van der Waals surface area contributed by atoms with E-state index in [0.717, 1.165) is 11.1 Å². The van der Waals surface area contributed by atoms with Crippen LogP contribution in [0.3, 0.4) is 0 Å². The van der Waals surface area contributed by atoms with Crippen LogP contribution in [-0.4, -0.2) is 5.97 Å². The van der Waals surface area contributed by atoms with Crippen molar-refractivity contribution in [1.29, 1.82) is 0 Å². The van der Waals surface area contributed by atoms with Gasteiger partial charge in [-0.05, 0) is 17.2 Å². The van der Waals surface area contributed by atoms with E-state index in [-0.39, 0.29) is 36.0 Å². The second-order valence-electron chi connectivity index (χ2n) is 3.80. The van der Waals surface area contributed by atoms with E-state index in [1.165, 1.54) is 0 Å². The molecule has 0 spiro atoms. The summed E-state index contributed by atoms with van der Waals surface area (Å²) in [5, 5.41) is 10.7. The number of aliphatic carboxylic acids is 1. The molecule has 2 N–H and O–H groups in total. The Morgan fingerprint density at radius 1 is 1.06 bits per heavy atom. The number of carbonyl (C=O) groups is 1. The molecule has 18 heavy (non-hydrogen) atoms. The van der Waals surface area contributed by atoms with Gasteiger partial charge in [0, 0.05) is 23.6 Å². The molecule has 0 saturated carbocycles. The third-order valence-electron chi connectivity index (χ3n) is 2.58. The molecule has 4 heteroatoms. The Kier molecular flexibility index (Phi) is 5.41. The summed E-state index contributed by atoms with van der Waals surface area (Å²) in [5.74, 6) is -1.10. The summed E-state index contributed by atoms with van der Waals surface area (Å²) in [5.41, 5.74) is 8.87. The number of rotatable bonds is 3. The summed E-state index contributed by atoms with van der Waals surface area (Å²) < 4.78 is 0. The molecular formula is C14H12NNaO2. The molecule has 86 valence electrons. The average molecular weight is 249 g/mol. The van der Waals surface area contributed by atoms with E-state index in [1.54, 1.807) is 18.2 Å². The fourth-order valence-corrected chi connectivity index (χ4v) is 1.88. The summed E-state index contributed by atoms with van der Waals surface area (Å²) >= 11 is 0. The molecule has 0 saturated heterocycles. The molecule has 0 heterocycles. The number of carboxylic acid groups (broad SMARTS) is 1. The Morgan fingerprint density at radius 3 is 2.33 bits per heavy atom. The number of benzene rings is 2. The first-order chi connectivity index (χ1) is 8.18. The second-order valence-corrected chi connectivity index (χ2v) is 3.80. The molecule has 0 unspecified atom stereocenters. The van der Waals surface area contributed by atoms with Gasteiger partial charge in [0.1, 0.15) is 0 Å². The third-order valence-corrected chi connectivity index (χ3v) is 2.58. The van der Waals surface area contributed by atoms with Gasteiger partial charge in [-0.1, -0.05) is 42.5 Å². The van der Waals surface area contributed by atoms with Crippen molar-refractivity contribution < 1.29 is 39.5 Å². The summed E-state index contributed by atoms with van der Waals surface area (Å²) in [7, 11) is 0. The SMILES string of the molecule is Nc1cccc(CC(=O)[O-])c1-c1ccccc1.[Na+]. The minimum Gasteiger partial charge on any atom is -0.550 e. The minimum absolute atomic E-state index is 0. The first kappa shape index (κ1) is 14.8. The van der Waals surface area contributed by atoms with Gasteiger partial charge in [-0.2, -0.15) is 0 Å². The Morgan fingerprint density at radius 2 is 1.72 bits per heavy atom. The van der Waals surface area contributed by atoms with Crippen LogP contribution in [0.25, 0.3) is 11.1 Å². The fraction of sp³-hybridized carbons (Fsp3) is 0.0714. The predicted octanol–water partition coefficient (Wildman–Crippen LogP) is -1.77. The van der Waals surface area contributed by atoms with Crippen molar-refractivity contribution in [3.05, 3.63) is 54.1 Å². The average Bonchev–Trinajstić information content (AvgIpc) is 2.29. The number of carbonyl (C=O) groups excluding carboxylic acids is 1. The third kappa shape index (κ3) is 3.35. The van der Waals surface area contributed by atoms with E-state index in [2.05, 4.69) is 0 Å². The van der Waals surface area contributed by atoms with Crippen molar-refractivity contribution in [2.75, 3.05) is 5.73 Å². The van der Waals surface area contributed by atoms with Crippen LogP contribution < -0.4 is 40.4 Å². The van der Waals surface area contributed by atoms with Gasteiger partial charge >= 0.3 is 29.6 Å². The molecule has 0 fully saturated rings. The molecule has 0 aliphatic carbocycles. The van der Waals surface area contributed by atoms with E-state index in [1.807, 2.05) is 30.3 Å². The summed E-state index contributed by atoms with van der Waals surface area (Å²) in [6, 6.07) is 14.8. The van der Waals surface area contributed by atoms with Gasteiger partial charge in [0.2, 0.25) is 0 Å². The number of carboxylic acids is 1. The molecule has 0 amide bonds. The molecule has 0 aromatic heterocycles. The number of nitrogens with two attached hydrogens (primary N) is 1. The van der Waals surface area contributed by atoms with Crippen molar-refractivity contribution in [1.82, 2.24) is 0 Å². The maximum atomic E-state index is 10.7. The molecule has 0 aliphatic rings. The Balaban J connectivity index is 0.00000162. The summed E-state index contributed by atoms with van der Waals surface area (Å²) in [4.78, 5) is 10.7.